The topological polar surface area (TPSA) is 82.7 Å². The van der Waals surface area contributed by atoms with Crippen LogP contribution in [0.2, 0.25) is 0 Å². The third-order valence-electron chi connectivity index (χ3n) is 6.50. The van der Waals surface area contributed by atoms with Crippen LogP contribution in [0, 0.1) is 0 Å². The summed E-state index contributed by atoms with van der Waals surface area (Å²) in [5.74, 6) is 2.50. The van der Waals surface area contributed by atoms with Crippen molar-refractivity contribution < 1.29 is 4.74 Å². The summed E-state index contributed by atoms with van der Waals surface area (Å²) < 4.78 is 5.35. The Bertz CT molecular complexity index is 1430. The van der Waals surface area contributed by atoms with Gasteiger partial charge in [-0.15, -0.1) is 0 Å². The van der Waals surface area contributed by atoms with Crippen molar-refractivity contribution >= 4 is 21.7 Å². The maximum Gasteiger partial charge on any atom is 0.181 e. The van der Waals surface area contributed by atoms with Crippen LogP contribution in [-0.2, 0) is 6.54 Å². The Balaban J connectivity index is 1.32. The molecule has 0 radical (unpaired) electrons. The molecule has 0 aliphatic carbocycles. The highest BCUT2D eigenvalue weighted by molar-refractivity contribution is 5.97. The molecule has 166 valence electrons. The lowest BCUT2D eigenvalue weighted by Crippen LogP contribution is -2.29. The molecule has 5 aromatic rings. The summed E-state index contributed by atoms with van der Waals surface area (Å²) in [5, 5.41) is 18.8. The SMILES string of the molecule is COc1ccc2cc(-c3n[nH]c4ccc(-c5n[nH]c(CN6CCCCC6)n5)cc34)ccc2c1. The van der Waals surface area contributed by atoms with Crippen LogP contribution in [-0.4, -0.2) is 50.5 Å². The van der Waals surface area contributed by atoms with Crippen molar-refractivity contribution in [3.05, 3.63) is 60.4 Å². The van der Waals surface area contributed by atoms with Crippen LogP contribution in [0.5, 0.6) is 5.75 Å². The van der Waals surface area contributed by atoms with Crippen LogP contribution in [0.3, 0.4) is 0 Å². The van der Waals surface area contributed by atoms with Gasteiger partial charge in [0, 0.05) is 16.5 Å². The Labute approximate surface area is 191 Å². The van der Waals surface area contributed by atoms with Crippen molar-refractivity contribution in [1.29, 1.82) is 0 Å². The van der Waals surface area contributed by atoms with E-state index in [1.165, 1.54) is 19.3 Å². The Hall–Kier alpha value is -3.71. The largest absolute Gasteiger partial charge is 0.497 e. The molecule has 0 bridgehead atoms. The predicted octanol–water partition coefficient (Wildman–Crippen LogP) is 5.16. The van der Waals surface area contributed by atoms with E-state index in [-0.39, 0.29) is 0 Å². The van der Waals surface area contributed by atoms with Gasteiger partial charge in [-0.2, -0.15) is 10.2 Å². The molecule has 0 saturated carbocycles. The minimum absolute atomic E-state index is 0.724. The van der Waals surface area contributed by atoms with Gasteiger partial charge in [-0.25, -0.2) is 4.98 Å². The van der Waals surface area contributed by atoms with Gasteiger partial charge in [0.1, 0.15) is 11.6 Å². The smallest absolute Gasteiger partial charge is 0.181 e. The summed E-state index contributed by atoms with van der Waals surface area (Å²) in [4.78, 5) is 7.22. The first-order valence-corrected chi connectivity index (χ1v) is 11.5. The number of benzene rings is 3. The second-order valence-electron chi connectivity index (χ2n) is 8.70. The van der Waals surface area contributed by atoms with Gasteiger partial charge in [-0.3, -0.25) is 15.1 Å². The van der Waals surface area contributed by atoms with E-state index in [2.05, 4.69) is 55.6 Å². The molecule has 0 spiro atoms. The summed E-state index contributed by atoms with van der Waals surface area (Å²) in [5.41, 5.74) is 3.97. The summed E-state index contributed by atoms with van der Waals surface area (Å²) >= 11 is 0. The maximum atomic E-state index is 5.35. The monoisotopic (exact) mass is 438 g/mol. The number of piperidine rings is 1. The van der Waals surface area contributed by atoms with Crippen molar-refractivity contribution in [2.75, 3.05) is 20.2 Å². The number of methoxy groups -OCH3 is 1. The molecule has 2 N–H and O–H groups in total. The summed E-state index contributed by atoms with van der Waals surface area (Å²) in [7, 11) is 1.69. The number of likely N-dealkylation sites (tertiary alicyclic amines) is 1. The zero-order chi connectivity index (χ0) is 22.2. The Morgan fingerprint density at radius 3 is 2.55 bits per heavy atom. The number of aromatic nitrogens is 5. The number of H-pyrrole nitrogens is 2. The van der Waals surface area contributed by atoms with Crippen LogP contribution < -0.4 is 4.74 Å². The fraction of sp³-hybridized carbons (Fsp3) is 0.269. The number of hydrogen-bond donors (Lipinski definition) is 2. The van der Waals surface area contributed by atoms with Crippen LogP contribution in [0.1, 0.15) is 25.1 Å². The number of nitrogens with one attached hydrogen (secondary N) is 2. The third-order valence-corrected chi connectivity index (χ3v) is 6.50. The van der Waals surface area contributed by atoms with Gasteiger partial charge >= 0.3 is 0 Å². The summed E-state index contributed by atoms with van der Waals surface area (Å²) in [6, 6.07) is 18.7. The van der Waals surface area contributed by atoms with Crippen LogP contribution in [0.15, 0.2) is 54.6 Å². The van der Waals surface area contributed by atoms with Gasteiger partial charge < -0.3 is 4.74 Å². The number of fused-ring (bicyclic) bond motifs is 2. The van der Waals surface area contributed by atoms with Crippen molar-refractivity contribution in [3.63, 3.8) is 0 Å². The standard InChI is InChI=1S/C26H26N6O/c1-33-21-9-7-17-13-19(6-5-18(17)14-21)25-22-15-20(8-10-23(22)28-30-25)26-27-24(29-31-26)16-32-11-3-2-4-12-32/h5-10,13-15H,2-4,11-12,16H2,1H3,(H,28,30)(H,27,29,31). The van der Waals surface area contributed by atoms with Crippen LogP contribution in [0.25, 0.3) is 44.3 Å². The molecule has 0 atom stereocenters. The molecule has 3 heterocycles. The minimum Gasteiger partial charge on any atom is -0.497 e. The van der Waals surface area contributed by atoms with E-state index in [0.717, 1.165) is 75.5 Å². The number of hydrogen-bond acceptors (Lipinski definition) is 5. The fourth-order valence-corrected chi connectivity index (χ4v) is 4.70. The Morgan fingerprint density at radius 1 is 0.848 bits per heavy atom. The van der Waals surface area contributed by atoms with Gasteiger partial charge in [0.2, 0.25) is 0 Å². The molecule has 2 aromatic heterocycles. The van der Waals surface area contributed by atoms with Gasteiger partial charge in [0.15, 0.2) is 5.82 Å². The average Bonchev–Trinajstić information content (AvgIpc) is 3.51. The molecule has 7 nitrogen and oxygen atoms in total. The van der Waals surface area contributed by atoms with E-state index in [0.29, 0.717) is 0 Å². The van der Waals surface area contributed by atoms with Gasteiger partial charge in [0.05, 0.1) is 24.9 Å². The fourth-order valence-electron chi connectivity index (χ4n) is 4.70. The highest BCUT2D eigenvalue weighted by atomic mass is 16.5. The second kappa shape index (κ2) is 8.33. The number of aromatic amines is 2. The van der Waals surface area contributed by atoms with Crippen molar-refractivity contribution in [1.82, 2.24) is 30.3 Å². The molecule has 1 aliphatic heterocycles. The van der Waals surface area contributed by atoms with E-state index in [4.69, 9.17) is 9.72 Å². The number of rotatable bonds is 5. The quantitative estimate of drug-likeness (QED) is 0.396. The zero-order valence-electron chi connectivity index (χ0n) is 18.6. The molecular weight excluding hydrogens is 412 g/mol. The lowest BCUT2D eigenvalue weighted by Gasteiger charge is -2.24. The van der Waals surface area contributed by atoms with E-state index < -0.39 is 0 Å². The van der Waals surface area contributed by atoms with Crippen LogP contribution >= 0.6 is 0 Å². The van der Waals surface area contributed by atoms with Gasteiger partial charge in [-0.05, 0) is 73.1 Å². The normalized spacial score (nSPS) is 14.8. The molecule has 3 aromatic carbocycles. The average molecular weight is 439 g/mol. The van der Waals surface area contributed by atoms with Crippen molar-refractivity contribution in [3.8, 4) is 28.4 Å². The van der Waals surface area contributed by atoms with E-state index in [9.17, 15) is 0 Å². The molecule has 7 heteroatoms. The molecule has 0 unspecified atom stereocenters. The van der Waals surface area contributed by atoms with Crippen LogP contribution in [0.4, 0.5) is 0 Å². The highest BCUT2D eigenvalue weighted by Crippen LogP contribution is 2.32. The number of ether oxygens (including phenoxy) is 1. The third kappa shape index (κ3) is 3.85. The molecule has 1 aliphatic rings. The molecule has 6 rings (SSSR count). The summed E-state index contributed by atoms with van der Waals surface area (Å²) in [6.07, 6.45) is 3.86. The van der Waals surface area contributed by atoms with E-state index in [1.807, 2.05) is 24.3 Å². The van der Waals surface area contributed by atoms with Gasteiger partial charge in [0.25, 0.3) is 0 Å². The Kier molecular flexibility index (Phi) is 5.03. The van der Waals surface area contributed by atoms with E-state index >= 15 is 0 Å². The second-order valence-corrected chi connectivity index (χ2v) is 8.70. The first-order chi connectivity index (χ1) is 16.3. The lowest BCUT2D eigenvalue weighted by molar-refractivity contribution is 0.216. The Morgan fingerprint density at radius 2 is 1.67 bits per heavy atom. The maximum absolute atomic E-state index is 5.35. The predicted molar refractivity (Wildman–Crippen MR) is 130 cm³/mol. The summed E-state index contributed by atoms with van der Waals surface area (Å²) in [6.45, 7) is 3.10. The molecular formula is C26H26N6O. The first-order valence-electron chi connectivity index (χ1n) is 11.5. The molecule has 0 amide bonds. The highest BCUT2D eigenvalue weighted by Gasteiger charge is 2.15. The lowest BCUT2D eigenvalue weighted by atomic mass is 10.0. The molecule has 1 saturated heterocycles. The first kappa shape index (κ1) is 19.9. The molecule has 33 heavy (non-hydrogen) atoms. The zero-order valence-corrected chi connectivity index (χ0v) is 18.6. The molecule has 1 fully saturated rings. The van der Waals surface area contributed by atoms with Gasteiger partial charge in [-0.1, -0.05) is 24.6 Å². The van der Waals surface area contributed by atoms with Crippen molar-refractivity contribution in [2.45, 2.75) is 25.8 Å². The minimum atomic E-state index is 0.724. The number of nitrogens with zero attached hydrogens (tertiary/aromatic N) is 4. The van der Waals surface area contributed by atoms with E-state index in [1.54, 1.807) is 7.11 Å². The van der Waals surface area contributed by atoms with Crippen molar-refractivity contribution in [2.24, 2.45) is 0 Å².